The van der Waals surface area contributed by atoms with Gasteiger partial charge in [-0.1, -0.05) is 0 Å². The minimum Gasteiger partial charge on any atom is -0.464 e. The number of alkyl halides is 6. The first-order valence-electron chi connectivity index (χ1n) is 10.5. The molecule has 37 heavy (non-hydrogen) atoms. The minimum atomic E-state index is -6.03. The molecular formula is C20H23F7N2O7S. The van der Waals surface area contributed by atoms with Crippen molar-refractivity contribution in [2.75, 3.05) is 11.5 Å². The van der Waals surface area contributed by atoms with Crippen LogP contribution in [0.3, 0.4) is 0 Å². The van der Waals surface area contributed by atoms with Crippen molar-refractivity contribution in [3.05, 3.63) is 33.6 Å². The Morgan fingerprint density at radius 2 is 1.76 bits per heavy atom. The van der Waals surface area contributed by atoms with Crippen LogP contribution in [0.15, 0.2) is 12.1 Å². The summed E-state index contributed by atoms with van der Waals surface area (Å²) in [5, 5.41) is 24.2. The van der Waals surface area contributed by atoms with Gasteiger partial charge in [0.15, 0.2) is 0 Å². The predicted octanol–water partition coefficient (Wildman–Crippen LogP) is 3.78. The summed E-state index contributed by atoms with van der Waals surface area (Å²) in [5.74, 6) is -4.87. The highest BCUT2D eigenvalue weighted by atomic mass is 32.2. The Labute approximate surface area is 207 Å². The van der Waals surface area contributed by atoms with Gasteiger partial charge in [0.25, 0.3) is 6.10 Å². The SMILES string of the molecule is CC(C)(C)OC(=O)N[C@H]1C[S@@](=O)C[C@@H](Cc2cc(F)c([N+](=O)[O-])c(OC(C(F)(F)F)C(F)(F)F)c2)[C@@H]1O. The first-order chi connectivity index (χ1) is 16.7. The summed E-state index contributed by atoms with van der Waals surface area (Å²) in [6.07, 6.45) is -19.4. The van der Waals surface area contributed by atoms with Crippen LogP contribution in [-0.2, 0) is 22.0 Å². The quantitative estimate of drug-likeness (QED) is 0.304. The molecule has 0 spiro atoms. The van der Waals surface area contributed by atoms with Gasteiger partial charge in [-0.3, -0.25) is 14.3 Å². The Kier molecular flexibility index (Phi) is 9.05. The molecule has 0 aromatic heterocycles. The van der Waals surface area contributed by atoms with Crippen LogP contribution in [0.5, 0.6) is 5.75 Å². The van der Waals surface area contributed by atoms with Crippen LogP contribution >= 0.6 is 0 Å². The normalized spacial score (nSPS) is 23.0. The van der Waals surface area contributed by atoms with E-state index < -0.39 is 87.6 Å². The third kappa shape index (κ3) is 8.41. The molecule has 1 heterocycles. The van der Waals surface area contributed by atoms with Crippen molar-refractivity contribution >= 4 is 22.6 Å². The Bertz CT molecular complexity index is 1030. The van der Waals surface area contributed by atoms with Gasteiger partial charge in [0.05, 0.1) is 17.1 Å². The summed E-state index contributed by atoms with van der Waals surface area (Å²) in [5.41, 5.74) is -3.03. The first kappa shape index (κ1) is 30.5. The van der Waals surface area contributed by atoms with Gasteiger partial charge in [-0.25, -0.2) is 4.79 Å². The number of rotatable bonds is 6. The first-order valence-corrected chi connectivity index (χ1v) is 12.0. The molecule has 1 fully saturated rings. The number of nitro groups is 1. The summed E-state index contributed by atoms with van der Waals surface area (Å²) in [6.45, 7) is 4.70. The average Bonchev–Trinajstić information content (AvgIpc) is 2.65. The number of ether oxygens (including phenoxy) is 2. The number of aliphatic hydroxyl groups is 1. The molecule has 0 saturated carbocycles. The number of carbonyl (C=O) groups excluding carboxylic acids is 1. The lowest BCUT2D eigenvalue weighted by Gasteiger charge is -2.35. The lowest BCUT2D eigenvalue weighted by atomic mass is 9.91. The molecule has 17 heteroatoms. The van der Waals surface area contributed by atoms with Crippen LogP contribution in [0.25, 0.3) is 0 Å². The molecule has 1 aromatic carbocycles. The van der Waals surface area contributed by atoms with Crippen LogP contribution in [0.1, 0.15) is 26.3 Å². The van der Waals surface area contributed by atoms with Crippen molar-refractivity contribution in [2.45, 2.75) is 63.4 Å². The molecule has 210 valence electrons. The van der Waals surface area contributed by atoms with Crippen molar-refractivity contribution < 1.29 is 59.2 Å². The zero-order valence-corrected chi connectivity index (χ0v) is 20.3. The van der Waals surface area contributed by atoms with Crippen LogP contribution < -0.4 is 10.1 Å². The third-order valence-electron chi connectivity index (χ3n) is 4.97. The summed E-state index contributed by atoms with van der Waals surface area (Å²) in [4.78, 5) is 21.7. The topological polar surface area (TPSA) is 128 Å². The number of aliphatic hydroxyl groups excluding tert-OH is 1. The van der Waals surface area contributed by atoms with Gasteiger partial charge in [0.2, 0.25) is 11.6 Å². The lowest BCUT2D eigenvalue weighted by Crippen LogP contribution is -2.55. The average molecular weight is 568 g/mol. The zero-order valence-electron chi connectivity index (χ0n) is 19.5. The fourth-order valence-corrected chi connectivity index (χ4v) is 5.17. The standard InChI is InChI=1S/C20H23F7N2O7S/c1-18(2,3)36-17(31)28-12-8-37(34)7-10(15(12)30)4-9-5-11(21)14(29(32)33)13(6-9)35-16(19(22,23)24)20(25,26)27/h5-6,10,12,15-16,30H,4,7-8H2,1-3H3,(H,28,31)/t10-,12+,15+,37+/m1/s1. The summed E-state index contributed by atoms with van der Waals surface area (Å²) < 4.78 is 113. The highest BCUT2D eigenvalue weighted by Crippen LogP contribution is 2.40. The molecule has 2 N–H and O–H groups in total. The lowest BCUT2D eigenvalue weighted by molar-refractivity contribution is -0.390. The van der Waals surface area contributed by atoms with E-state index in [9.17, 15) is 55.0 Å². The number of amides is 1. The Morgan fingerprint density at radius 3 is 2.24 bits per heavy atom. The van der Waals surface area contributed by atoms with Crippen molar-refractivity contribution in [1.29, 1.82) is 0 Å². The van der Waals surface area contributed by atoms with E-state index in [2.05, 4.69) is 10.1 Å². The van der Waals surface area contributed by atoms with E-state index in [-0.39, 0.29) is 17.1 Å². The number of hydrogen-bond acceptors (Lipinski definition) is 7. The van der Waals surface area contributed by atoms with Crippen LogP contribution in [-0.4, -0.2) is 68.0 Å². The number of nitrogens with one attached hydrogen (secondary N) is 1. The maximum atomic E-state index is 14.5. The number of alkyl carbamates (subject to hydrolysis) is 1. The molecule has 1 aliphatic heterocycles. The highest BCUT2D eigenvalue weighted by molar-refractivity contribution is 7.85. The van der Waals surface area contributed by atoms with Crippen molar-refractivity contribution in [3.63, 3.8) is 0 Å². The number of nitro benzene ring substituents is 1. The van der Waals surface area contributed by atoms with E-state index >= 15 is 0 Å². The number of benzene rings is 1. The fraction of sp³-hybridized carbons (Fsp3) is 0.650. The van der Waals surface area contributed by atoms with Gasteiger partial charge >= 0.3 is 24.1 Å². The van der Waals surface area contributed by atoms with Crippen LogP contribution in [0, 0.1) is 21.8 Å². The second kappa shape index (κ2) is 11.0. The van der Waals surface area contributed by atoms with E-state index in [1.807, 2.05) is 0 Å². The monoisotopic (exact) mass is 568 g/mol. The Balaban J connectivity index is 2.37. The zero-order chi connectivity index (χ0) is 28.5. The molecule has 1 amide bonds. The van der Waals surface area contributed by atoms with E-state index in [4.69, 9.17) is 4.74 Å². The number of halogens is 7. The van der Waals surface area contributed by atoms with Gasteiger partial charge in [0.1, 0.15) is 5.60 Å². The van der Waals surface area contributed by atoms with Crippen LogP contribution in [0.2, 0.25) is 0 Å². The fourth-order valence-electron chi connectivity index (χ4n) is 3.56. The number of carbonyl (C=O) groups is 1. The van der Waals surface area contributed by atoms with E-state index in [0.29, 0.717) is 12.1 Å². The smallest absolute Gasteiger partial charge is 0.434 e. The second-order valence-corrected chi connectivity index (χ2v) is 10.8. The molecule has 0 bridgehead atoms. The molecule has 0 unspecified atom stereocenters. The summed E-state index contributed by atoms with van der Waals surface area (Å²) >= 11 is 0. The molecule has 2 rings (SSSR count). The maximum Gasteiger partial charge on any atom is 0.434 e. The molecular weight excluding hydrogens is 545 g/mol. The third-order valence-corrected chi connectivity index (χ3v) is 6.50. The number of hydrogen-bond donors (Lipinski definition) is 2. The molecule has 9 nitrogen and oxygen atoms in total. The van der Waals surface area contributed by atoms with E-state index in [0.717, 1.165) is 0 Å². The van der Waals surface area contributed by atoms with Gasteiger partial charge in [-0.2, -0.15) is 30.7 Å². The van der Waals surface area contributed by atoms with Crippen molar-refractivity contribution in [3.8, 4) is 5.75 Å². The molecule has 1 saturated heterocycles. The number of nitrogens with zero attached hydrogens (tertiary/aromatic N) is 1. The van der Waals surface area contributed by atoms with Gasteiger partial charge in [-0.05, 0) is 44.9 Å². The summed E-state index contributed by atoms with van der Waals surface area (Å²) in [6, 6.07) is -0.207. The van der Waals surface area contributed by atoms with Gasteiger partial charge in [-0.15, -0.1) is 0 Å². The molecule has 0 aliphatic carbocycles. The second-order valence-electron chi connectivity index (χ2n) is 9.24. The van der Waals surface area contributed by atoms with E-state index in [1.165, 1.54) is 0 Å². The van der Waals surface area contributed by atoms with Crippen molar-refractivity contribution in [2.24, 2.45) is 5.92 Å². The molecule has 4 atom stereocenters. The highest BCUT2D eigenvalue weighted by Gasteiger charge is 2.59. The Hall–Kier alpha value is -2.69. The predicted molar refractivity (Wildman–Crippen MR) is 114 cm³/mol. The van der Waals surface area contributed by atoms with Crippen LogP contribution in [0.4, 0.5) is 41.2 Å². The van der Waals surface area contributed by atoms with E-state index in [1.54, 1.807) is 20.8 Å². The summed E-state index contributed by atoms with van der Waals surface area (Å²) in [7, 11) is -1.65. The minimum absolute atomic E-state index is 0.196. The Morgan fingerprint density at radius 1 is 1.19 bits per heavy atom. The molecule has 1 aromatic rings. The molecule has 0 radical (unpaired) electrons. The maximum absolute atomic E-state index is 14.5. The van der Waals surface area contributed by atoms with Gasteiger partial charge < -0.3 is 19.9 Å². The largest absolute Gasteiger partial charge is 0.464 e. The molecule has 1 aliphatic rings. The van der Waals surface area contributed by atoms with Gasteiger partial charge in [0, 0.05) is 28.2 Å². The van der Waals surface area contributed by atoms with Crippen molar-refractivity contribution in [1.82, 2.24) is 5.32 Å².